The van der Waals surface area contributed by atoms with Crippen molar-refractivity contribution in [3.8, 4) is 0 Å². The quantitative estimate of drug-likeness (QED) is 0.781. The number of carbonyl (C=O) groups is 1. The zero-order valence-corrected chi connectivity index (χ0v) is 12.7. The van der Waals surface area contributed by atoms with Crippen LogP contribution in [0.25, 0.3) is 0 Å². The van der Waals surface area contributed by atoms with Gasteiger partial charge in [-0.2, -0.15) is 0 Å². The molecular weight excluding hydrogens is 246 g/mol. The second kappa shape index (κ2) is 8.08. The van der Waals surface area contributed by atoms with E-state index in [1.165, 1.54) is 50.5 Å². The molecule has 2 nitrogen and oxygen atoms in total. The fourth-order valence-corrected chi connectivity index (χ4v) is 3.00. The molecule has 1 fully saturated rings. The van der Waals surface area contributed by atoms with E-state index in [4.69, 9.17) is 0 Å². The molecule has 1 N–H and O–H groups in total. The summed E-state index contributed by atoms with van der Waals surface area (Å²) in [4.78, 5) is 12.0. The Morgan fingerprint density at radius 1 is 1.15 bits per heavy atom. The molecule has 0 saturated heterocycles. The van der Waals surface area contributed by atoms with Crippen molar-refractivity contribution < 1.29 is 4.79 Å². The highest BCUT2D eigenvalue weighted by atomic mass is 16.1. The van der Waals surface area contributed by atoms with Crippen molar-refractivity contribution in [2.45, 2.75) is 64.7 Å². The molecule has 0 aromatic heterocycles. The zero-order valence-electron chi connectivity index (χ0n) is 12.7. The van der Waals surface area contributed by atoms with Crippen molar-refractivity contribution in [1.82, 2.24) is 0 Å². The van der Waals surface area contributed by atoms with Crippen molar-refractivity contribution in [1.29, 1.82) is 0 Å². The molecular formula is C18H27NO. The smallest absolute Gasteiger partial charge is 0.224 e. The molecule has 20 heavy (non-hydrogen) atoms. The average molecular weight is 273 g/mol. The van der Waals surface area contributed by atoms with E-state index in [1.807, 2.05) is 12.1 Å². The molecule has 1 amide bonds. The summed E-state index contributed by atoms with van der Waals surface area (Å²) in [6.45, 7) is 2.21. The molecule has 0 unspecified atom stereocenters. The number of nitrogens with one attached hydrogen (secondary N) is 1. The van der Waals surface area contributed by atoms with Crippen LogP contribution in [0.15, 0.2) is 24.3 Å². The molecule has 0 aliphatic heterocycles. The maximum absolute atomic E-state index is 12.0. The normalized spacial score (nSPS) is 16.1. The Hall–Kier alpha value is -1.31. The van der Waals surface area contributed by atoms with E-state index < -0.39 is 0 Å². The molecule has 0 spiro atoms. The van der Waals surface area contributed by atoms with E-state index in [9.17, 15) is 4.79 Å². The topological polar surface area (TPSA) is 29.1 Å². The first-order valence-corrected chi connectivity index (χ1v) is 8.16. The Labute approximate surface area is 123 Å². The Morgan fingerprint density at radius 3 is 2.50 bits per heavy atom. The fraction of sp³-hybridized carbons (Fsp3) is 0.611. The average Bonchev–Trinajstić information content (AvgIpc) is 2.47. The largest absolute Gasteiger partial charge is 0.326 e. The number of hydrogen-bond donors (Lipinski definition) is 1. The van der Waals surface area contributed by atoms with Gasteiger partial charge in [-0.3, -0.25) is 4.79 Å². The first-order valence-electron chi connectivity index (χ1n) is 8.16. The molecule has 2 rings (SSSR count). The molecule has 2 heteroatoms. The van der Waals surface area contributed by atoms with Gasteiger partial charge < -0.3 is 5.32 Å². The second-order valence-corrected chi connectivity index (χ2v) is 6.06. The van der Waals surface area contributed by atoms with Crippen LogP contribution in [0.2, 0.25) is 0 Å². The summed E-state index contributed by atoms with van der Waals surface area (Å²) >= 11 is 0. The molecule has 0 bridgehead atoms. The number of rotatable bonds is 6. The minimum absolute atomic E-state index is 0.179. The monoisotopic (exact) mass is 273 g/mol. The summed E-state index contributed by atoms with van der Waals surface area (Å²) in [7, 11) is 0. The van der Waals surface area contributed by atoms with E-state index in [-0.39, 0.29) is 5.91 Å². The van der Waals surface area contributed by atoms with Gasteiger partial charge >= 0.3 is 0 Å². The Balaban J connectivity index is 1.78. The summed E-state index contributed by atoms with van der Waals surface area (Å²) in [6, 6.07) is 8.32. The summed E-state index contributed by atoms with van der Waals surface area (Å²) in [5.41, 5.74) is 2.29. The molecule has 0 radical (unpaired) electrons. The van der Waals surface area contributed by atoms with Crippen molar-refractivity contribution >= 4 is 11.6 Å². The van der Waals surface area contributed by atoms with Crippen LogP contribution in [-0.4, -0.2) is 5.91 Å². The number of benzene rings is 1. The van der Waals surface area contributed by atoms with Crippen LogP contribution in [0.5, 0.6) is 0 Å². The van der Waals surface area contributed by atoms with E-state index in [1.54, 1.807) is 0 Å². The number of amides is 1. The van der Waals surface area contributed by atoms with Crippen molar-refractivity contribution in [2.24, 2.45) is 5.92 Å². The highest BCUT2D eigenvalue weighted by Crippen LogP contribution is 2.26. The predicted molar refractivity (Wildman–Crippen MR) is 84.9 cm³/mol. The second-order valence-electron chi connectivity index (χ2n) is 6.06. The molecule has 1 aliphatic carbocycles. The molecule has 110 valence electrons. The lowest BCUT2D eigenvalue weighted by Crippen LogP contribution is -2.18. The Kier molecular flexibility index (Phi) is 6.10. The minimum atomic E-state index is 0.179. The van der Waals surface area contributed by atoms with Gasteiger partial charge in [0.2, 0.25) is 5.91 Å². The van der Waals surface area contributed by atoms with Crippen LogP contribution in [0.1, 0.15) is 63.9 Å². The van der Waals surface area contributed by atoms with Crippen molar-refractivity contribution in [3.63, 3.8) is 0 Å². The molecule has 1 aliphatic rings. The summed E-state index contributed by atoms with van der Waals surface area (Å²) in [5, 5.41) is 3.03. The van der Waals surface area contributed by atoms with E-state index >= 15 is 0 Å². The third-order valence-electron chi connectivity index (χ3n) is 4.26. The van der Waals surface area contributed by atoms with Gasteiger partial charge in [0, 0.05) is 12.1 Å². The van der Waals surface area contributed by atoms with Gasteiger partial charge in [-0.05, 0) is 49.3 Å². The zero-order chi connectivity index (χ0) is 14.2. The SMILES string of the molecule is CCCCc1ccc(NC(=O)CC2CCCCC2)cc1. The third-order valence-corrected chi connectivity index (χ3v) is 4.26. The summed E-state index contributed by atoms with van der Waals surface area (Å²) < 4.78 is 0. The number of hydrogen-bond acceptors (Lipinski definition) is 1. The van der Waals surface area contributed by atoms with Gasteiger partial charge in [0.15, 0.2) is 0 Å². The third kappa shape index (κ3) is 4.99. The van der Waals surface area contributed by atoms with Gasteiger partial charge in [0.1, 0.15) is 0 Å². The Bertz CT molecular complexity index is 404. The lowest BCUT2D eigenvalue weighted by atomic mass is 9.87. The van der Waals surface area contributed by atoms with E-state index in [0.717, 1.165) is 12.1 Å². The molecule has 1 aromatic rings. The number of anilines is 1. The summed E-state index contributed by atoms with van der Waals surface area (Å²) in [5.74, 6) is 0.783. The van der Waals surface area contributed by atoms with Crippen molar-refractivity contribution in [3.05, 3.63) is 29.8 Å². The molecule has 0 heterocycles. The first kappa shape index (κ1) is 15.1. The molecule has 0 atom stereocenters. The standard InChI is InChI=1S/C18H27NO/c1-2-3-7-15-10-12-17(13-11-15)19-18(20)14-16-8-5-4-6-9-16/h10-13,16H,2-9,14H2,1H3,(H,19,20). The van der Waals surface area contributed by atoms with Crippen molar-refractivity contribution in [2.75, 3.05) is 5.32 Å². The highest BCUT2D eigenvalue weighted by molar-refractivity contribution is 5.90. The van der Waals surface area contributed by atoms with Crippen LogP contribution in [0.3, 0.4) is 0 Å². The van der Waals surface area contributed by atoms with Crippen LogP contribution in [0.4, 0.5) is 5.69 Å². The van der Waals surface area contributed by atoms with E-state index in [0.29, 0.717) is 12.3 Å². The number of unbranched alkanes of at least 4 members (excludes halogenated alkanes) is 1. The van der Waals surface area contributed by atoms with Gasteiger partial charge in [0.25, 0.3) is 0 Å². The minimum Gasteiger partial charge on any atom is -0.326 e. The lowest BCUT2D eigenvalue weighted by molar-refractivity contribution is -0.117. The Morgan fingerprint density at radius 2 is 1.85 bits per heavy atom. The predicted octanol–water partition coefficient (Wildman–Crippen LogP) is 4.94. The molecule has 1 aromatic carbocycles. The maximum atomic E-state index is 12.0. The first-order chi connectivity index (χ1) is 9.78. The number of carbonyl (C=O) groups excluding carboxylic acids is 1. The van der Waals surface area contributed by atoms with Gasteiger partial charge in [-0.1, -0.05) is 44.7 Å². The highest BCUT2D eigenvalue weighted by Gasteiger charge is 2.16. The van der Waals surface area contributed by atoms with Crippen LogP contribution >= 0.6 is 0 Å². The van der Waals surface area contributed by atoms with Gasteiger partial charge in [-0.25, -0.2) is 0 Å². The number of aryl methyl sites for hydroxylation is 1. The fourth-order valence-electron chi connectivity index (χ4n) is 3.00. The van der Waals surface area contributed by atoms with Crippen LogP contribution in [0, 0.1) is 5.92 Å². The lowest BCUT2D eigenvalue weighted by Gasteiger charge is -2.20. The maximum Gasteiger partial charge on any atom is 0.224 e. The van der Waals surface area contributed by atoms with Crippen LogP contribution < -0.4 is 5.32 Å². The van der Waals surface area contributed by atoms with E-state index in [2.05, 4.69) is 24.4 Å². The van der Waals surface area contributed by atoms with Gasteiger partial charge in [0.05, 0.1) is 0 Å². The summed E-state index contributed by atoms with van der Waals surface area (Å²) in [6.07, 6.45) is 10.7. The van der Waals surface area contributed by atoms with Gasteiger partial charge in [-0.15, -0.1) is 0 Å². The molecule has 1 saturated carbocycles. The van der Waals surface area contributed by atoms with Crippen LogP contribution in [-0.2, 0) is 11.2 Å².